The normalized spacial score (nSPS) is 14.8. The lowest BCUT2D eigenvalue weighted by Crippen LogP contribution is -2.41. The van der Waals surface area contributed by atoms with Gasteiger partial charge in [0.15, 0.2) is 0 Å². The molecule has 0 spiro atoms. The average molecular weight is 281 g/mol. The van der Waals surface area contributed by atoms with Gasteiger partial charge in [0.05, 0.1) is 0 Å². The minimum absolute atomic E-state index is 0.204. The number of hydrogen-bond acceptors (Lipinski definition) is 3. The first-order valence-corrected chi connectivity index (χ1v) is 7.34. The van der Waals surface area contributed by atoms with Crippen LogP contribution >= 0.6 is 0 Å². The van der Waals surface area contributed by atoms with Crippen molar-refractivity contribution in [1.29, 1.82) is 0 Å². The molecular weight excluding hydrogens is 253 g/mol. The summed E-state index contributed by atoms with van der Waals surface area (Å²) >= 11 is 0. The van der Waals surface area contributed by atoms with Crippen molar-refractivity contribution >= 4 is 0 Å². The van der Waals surface area contributed by atoms with Gasteiger partial charge in [0, 0.05) is 30.7 Å². The van der Waals surface area contributed by atoms with E-state index in [1.54, 1.807) is 12.1 Å². The number of nitrogens with zero attached hydrogens (tertiary/aromatic N) is 2. The van der Waals surface area contributed by atoms with Crippen molar-refractivity contribution in [1.82, 2.24) is 9.80 Å². The van der Waals surface area contributed by atoms with Crippen molar-refractivity contribution < 1.29 is 4.39 Å². The lowest BCUT2D eigenvalue weighted by atomic mass is 10.0. The van der Waals surface area contributed by atoms with Crippen molar-refractivity contribution in [2.24, 2.45) is 5.73 Å². The summed E-state index contributed by atoms with van der Waals surface area (Å²) in [6.45, 7) is 7.27. The molecule has 1 rings (SSSR count). The molecule has 0 aliphatic carbocycles. The Morgan fingerprint density at radius 2 is 1.90 bits per heavy atom. The molecule has 2 unspecified atom stereocenters. The maximum atomic E-state index is 13.7. The van der Waals surface area contributed by atoms with Gasteiger partial charge in [0.2, 0.25) is 0 Å². The Hall–Kier alpha value is -0.970. The molecule has 0 saturated carbocycles. The van der Waals surface area contributed by atoms with E-state index >= 15 is 0 Å². The maximum Gasteiger partial charge on any atom is 0.127 e. The predicted octanol–water partition coefficient (Wildman–Crippen LogP) is 2.49. The Kier molecular flexibility index (Phi) is 7.13. The van der Waals surface area contributed by atoms with Gasteiger partial charge in [0.1, 0.15) is 5.82 Å². The second-order valence-electron chi connectivity index (χ2n) is 5.66. The van der Waals surface area contributed by atoms with Crippen LogP contribution in [0.1, 0.15) is 31.9 Å². The summed E-state index contributed by atoms with van der Waals surface area (Å²) in [5, 5.41) is 0. The van der Waals surface area contributed by atoms with Gasteiger partial charge in [-0.2, -0.15) is 0 Å². The van der Waals surface area contributed by atoms with E-state index in [9.17, 15) is 4.39 Å². The predicted molar refractivity (Wildman–Crippen MR) is 83.2 cm³/mol. The largest absolute Gasteiger partial charge is 0.324 e. The van der Waals surface area contributed by atoms with E-state index in [2.05, 4.69) is 37.7 Å². The minimum atomic E-state index is -0.239. The van der Waals surface area contributed by atoms with Crippen LogP contribution in [-0.4, -0.2) is 49.6 Å². The minimum Gasteiger partial charge on any atom is -0.324 e. The second-order valence-corrected chi connectivity index (χ2v) is 5.66. The van der Waals surface area contributed by atoms with Crippen LogP contribution in [0.3, 0.4) is 0 Å². The molecule has 2 atom stereocenters. The first kappa shape index (κ1) is 17.1. The highest BCUT2D eigenvalue weighted by Crippen LogP contribution is 2.18. The molecule has 0 aliphatic heterocycles. The average Bonchev–Trinajstić information content (AvgIpc) is 2.38. The Morgan fingerprint density at radius 3 is 2.45 bits per heavy atom. The maximum absolute atomic E-state index is 13.7. The number of hydrogen-bond donors (Lipinski definition) is 1. The number of benzene rings is 1. The summed E-state index contributed by atoms with van der Waals surface area (Å²) < 4.78 is 13.7. The van der Waals surface area contributed by atoms with Crippen LogP contribution in [0.2, 0.25) is 0 Å². The van der Waals surface area contributed by atoms with Gasteiger partial charge < -0.3 is 10.6 Å². The van der Waals surface area contributed by atoms with Crippen LogP contribution in [0, 0.1) is 5.82 Å². The highest BCUT2D eigenvalue weighted by molar-refractivity contribution is 5.20. The highest BCUT2D eigenvalue weighted by Gasteiger charge is 2.16. The van der Waals surface area contributed by atoms with Crippen molar-refractivity contribution in [2.75, 3.05) is 33.7 Å². The Balaban J connectivity index is 2.54. The fourth-order valence-electron chi connectivity index (χ4n) is 2.57. The Bertz CT molecular complexity index is 395. The van der Waals surface area contributed by atoms with E-state index in [0.717, 1.165) is 26.1 Å². The number of halogens is 1. The smallest absolute Gasteiger partial charge is 0.127 e. The van der Waals surface area contributed by atoms with E-state index in [-0.39, 0.29) is 11.9 Å². The van der Waals surface area contributed by atoms with E-state index in [4.69, 9.17) is 5.73 Å². The molecule has 0 aliphatic rings. The Morgan fingerprint density at radius 1 is 1.25 bits per heavy atom. The first-order chi connectivity index (χ1) is 9.45. The number of rotatable bonds is 8. The fraction of sp³-hybridized carbons (Fsp3) is 0.625. The van der Waals surface area contributed by atoms with E-state index in [0.29, 0.717) is 11.6 Å². The Labute approximate surface area is 122 Å². The quantitative estimate of drug-likeness (QED) is 0.794. The van der Waals surface area contributed by atoms with Crippen LogP contribution in [0.15, 0.2) is 24.3 Å². The summed E-state index contributed by atoms with van der Waals surface area (Å²) in [5.41, 5.74) is 6.74. The van der Waals surface area contributed by atoms with Crippen molar-refractivity contribution in [3.8, 4) is 0 Å². The molecule has 0 fully saturated rings. The monoisotopic (exact) mass is 281 g/mol. The van der Waals surface area contributed by atoms with Gasteiger partial charge in [-0.25, -0.2) is 4.39 Å². The topological polar surface area (TPSA) is 32.5 Å². The summed E-state index contributed by atoms with van der Waals surface area (Å²) in [7, 11) is 4.16. The van der Waals surface area contributed by atoms with Crippen LogP contribution in [0.25, 0.3) is 0 Å². The van der Waals surface area contributed by atoms with Crippen molar-refractivity contribution in [3.05, 3.63) is 35.6 Å². The third-order valence-corrected chi connectivity index (χ3v) is 3.69. The molecule has 1 aromatic carbocycles. The van der Waals surface area contributed by atoms with Crippen LogP contribution in [0.4, 0.5) is 4.39 Å². The zero-order valence-corrected chi connectivity index (χ0v) is 13.1. The van der Waals surface area contributed by atoms with Crippen molar-refractivity contribution in [2.45, 2.75) is 32.4 Å². The molecule has 0 amide bonds. The van der Waals surface area contributed by atoms with Crippen LogP contribution in [-0.2, 0) is 0 Å². The SMILES string of the molecule is CCN(CCC(N)c1ccccc1F)C(C)CN(C)C. The van der Waals surface area contributed by atoms with E-state index in [1.165, 1.54) is 6.07 Å². The first-order valence-electron chi connectivity index (χ1n) is 7.34. The molecule has 20 heavy (non-hydrogen) atoms. The molecule has 0 bridgehead atoms. The zero-order chi connectivity index (χ0) is 15.1. The fourth-order valence-corrected chi connectivity index (χ4v) is 2.57. The summed E-state index contributed by atoms with van der Waals surface area (Å²) in [4.78, 5) is 4.57. The lowest BCUT2D eigenvalue weighted by Gasteiger charge is -2.30. The highest BCUT2D eigenvalue weighted by atomic mass is 19.1. The van der Waals surface area contributed by atoms with Crippen LogP contribution < -0.4 is 5.73 Å². The molecule has 0 heterocycles. The molecule has 3 nitrogen and oxygen atoms in total. The van der Waals surface area contributed by atoms with Gasteiger partial charge in [-0.1, -0.05) is 25.1 Å². The second kappa shape index (κ2) is 8.35. The van der Waals surface area contributed by atoms with Gasteiger partial charge >= 0.3 is 0 Å². The molecule has 0 radical (unpaired) electrons. The van der Waals surface area contributed by atoms with Gasteiger partial charge in [-0.3, -0.25) is 4.90 Å². The van der Waals surface area contributed by atoms with Crippen LogP contribution in [0.5, 0.6) is 0 Å². The molecule has 0 aromatic heterocycles. The van der Waals surface area contributed by atoms with Crippen molar-refractivity contribution in [3.63, 3.8) is 0 Å². The van der Waals surface area contributed by atoms with Gasteiger partial charge in [0.25, 0.3) is 0 Å². The third kappa shape index (κ3) is 5.19. The third-order valence-electron chi connectivity index (χ3n) is 3.69. The summed E-state index contributed by atoms with van der Waals surface area (Å²) in [5.74, 6) is -0.204. The van der Waals surface area contributed by atoms with Gasteiger partial charge in [-0.05, 0) is 40.1 Å². The summed E-state index contributed by atoms with van der Waals surface area (Å²) in [6, 6.07) is 7.02. The molecule has 1 aromatic rings. The van der Waals surface area contributed by atoms with Gasteiger partial charge in [-0.15, -0.1) is 0 Å². The summed E-state index contributed by atoms with van der Waals surface area (Å²) in [6.07, 6.45) is 0.770. The zero-order valence-electron chi connectivity index (χ0n) is 13.1. The molecule has 4 heteroatoms. The number of likely N-dealkylation sites (N-methyl/N-ethyl adjacent to an activating group) is 2. The number of nitrogens with two attached hydrogens (primary N) is 1. The molecule has 114 valence electrons. The lowest BCUT2D eigenvalue weighted by molar-refractivity contribution is 0.176. The molecular formula is C16H28FN3. The standard InChI is InChI=1S/C16H28FN3/c1-5-20(13(2)12-19(3)4)11-10-16(18)14-8-6-7-9-15(14)17/h6-9,13,16H,5,10-12,18H2,1-4H3. The van der Waals surface area contributed by atoms with E-state index in [1.807, 2.05) is 6.07 Å². The van der Waals surface area contributed by atoms with E-state index < -0.39 is 0 Å². The molecule has 0 saturated heterocycles. The molecule has 2 N–H and O–H groups in total.